The first kappa shape index (κ1) is 11.4. The zero-order valence-electron chi connectivity index (χ0n) is 9.59. The van der Waals surface area contributed by atoms with Gasteiger partial charge in [0.2, 0.25) is 0 Å². The Morgan fingerprint density at radius 2 is 1.67 bits per heavy atom. The fourth-order valence-corrected chi connectivity index (χ4v) is 1.69. The number of hydrogen-bond donors (Lipinski definition) is 2. The van der Waals surface area contributed by atoms with E-state index < -0.39 is 0 Å². The molecule has 2 nitrogen and oxygen atoms in total. The lowest BCUT2D eigenvalue weighted by molar-refractivity contribution is 1.36. The minimum Gasteiger partial charge on any atom is -0.397 e. The average molecular weight is 202 g/mol. The van der Waals surface area contributed by atoms with E-state index >= 15 is 0 Å². The summed E-state index contributed by atoms with van der Waals surface area (Å²) in [6, 6.07) is 5.70. The SMILES string of the molecule is C=C(C)C(=C(C)C)c1ccc(N)c(N)c1. The molecule has 1 aromatic carbocycles. The Morgan fingerprint density at radius 1 is 1.07 bits per heavy atom. The second kappa shape index (κ2) is 4.22. The lowest BCUT2D eigenvalue weighted by Crippen LogP contribution is -1.97. The van der Waals surface area contributed by atoms with Crippen molar-refractivity contribution in [2.45, 2.75) is 20.8 Å². The van der Waals surface area contributed by atoms with E-state index in [1.807, 2.05) is 25.1 Å². The van der Waals surface area contributed by atoms with Gasteiger partial charge < -0.3 is 11.5 Å². The molecule has 2 heteroatoms. The van der Waals surface area contributed by atoms with Crippen molar-refractivity contribution in [3.8, 4) is 0 Å². The maximum atomic E-state index is 5.78. The molecular weight excluding hydrogens is 184 g/mol. The van der Waals surface area contributed by atoms with Crippen LogP contribution in [-0.2, 0) is 0 Å². The van der Waals surface area contributed by atoms with Crippen LogP contribution in [0.25, 0.3) is 5.57 Å². The highest BCUT2D eigenvalue weighted by atomic mass is 14.7. The standard InChI is InChI=1S/C13H18N2/c1-8(2)13(9(3)4)10-5-6-11(14)12(15)7-10/h5-7H,1,14-15H2,2-4H3. The van der Waals surface area contributed by atoms with Crippen molar-refractivity contribution in [3.05, 3.63) is 41.5 Å². The molecule has 0 fully saturated rings. The molecule has 80 valence electrons. The molecule has 0 radical (unpaired) electrons. The number of allylic oxidation sites excluding steroid dienone is 3. The molecule has 0 aliphatic carbocycles. The highest BCUT2D eigenvalue weighted by Crippen LogP contribution is 2.28. The number of nitrogens with two attached hydrogens (primary N) is 2. The zero-order valence-corrected chi connectivity index (χ0v) is 9.59. The predicted molar refractivity (Wildman–Crippen MR) is 68.3 cm³/mol. The Kier molecular flexibility index (Phi) is 3.20. The van der Waals surface area contributed by atoms with E-state index in [1.165, 1.54) is 5.57 Å². The molecule has 0 aliphatic heterocycles. The number of hydrogen-bond acceptors (Lipinski definition) is 2. The van der Waals surface area contributed by atoms with Crippen LogP contribution >= 0.6 is 0 Å². The molecule has 0 spiro atoms. The van der Waals surface area contributed by atoms with Crippen LogP contribution in [0.1, 0.15) is 26.3 Å². The van der Waals surface area contributed by atoms with Crippen LogP contribution in [-0.4, -0.2) is 0 Å². The summed E-state index contributed by atoms with van der Waals surface area (Å²) in [5.41, 5.74) is 17.2. The molecule has 0 aliphatic rings. The fraction of sp³-hybridized carbons (Fsp3) is 0.231. The topological polar surface area (TPSA) is 52.0 Å². The molecule has 0 heterocycles. The van der Waals surface area contributed by atoms with Crippen LogP contribution in [0, 0.1) is 0 Å². The van der Waals surface area contributed by atoms with Crippen molar-refractivity contribution < 1.29 is 0 Å². The van der Waals surface area contributed by atoms with Gasteiger partial charge in [-0.3, -0.25) is 0 Å². The minimum absolute atomic E-state index is 0.618. The van der Waals surface area contributed by atoms with Gasteiger partial charge in [0, 0.05) is 0 Å². The number of rotatable bonds is 2. The third-order valence-electron chi connectivity index (χ3n) is 2.30. The Hall–Kier alpha value is -1.70. The van der Waals surface area contributed by atoms with E-state index in [9.17, 15) is 0 Å². The summed E-state index contributed by atoms with van der Waals surface area (Å²) in [6.45, 7) is 10.1. The van der Waals surface area contributed by atoms with Crippen LogP contribution in [0.3, 0.4) is 0 Å². The molecule has 0 aromatic heterocycles. The summed E-state index contributed by atoms with van der Waals surface area (Å²) in [7, 11) is 0. The van der Waals surface area contributed by atoms with Crippen molar-refractivity contribution in [2.75, 3.05) is 11.5 Å². The van der Waals surface area contributed by atoms with Crippen LogP contribution in [0.15, 0.2) is 35.9 Å². The Morgan fingerprint density at radius 3 is 2.07 bits per heavy atom. The maximum Gasteiger partial charge on any atom is 0.0554 e. The Labute approximate surface area is 91.3 Å². The molecule has 1 rings (SSSR count). The van der Waals surface area contributed by atoms with E-state index in [1.54, 1.807) is 0 Å². The van der Waals surface area contributed by atoms with E-state index in [-0.39, 0.29) is 0 Å². The molecule has 15 heavy (non-hydrogen) atoms. The van der Waals surface area contributed by atoms with Crippen LogP contribution in [0.5, 0.6) is 0 Å². The summed E-state index contributed by atoms with van der Waals surface area (Å²) in [6.07, 6.45) is 0. The lowest BCUT2D eigenvalue weighted by Gasteiger charge is -2.11. The van der Waals surface area contributed by atoms with Crippen LogP contribution < -0.4 is 11.5 Å². The third-order valence-corrected chi connectivity index (χ3v) is 2.30. The second-order valence-electron chi connectivity index (χ2n) is 4.00. The molecule has 0 saturated carbocycles. The van der Waals surface area contributed by atoms with Crippen molar-refractivity contribution >= 4 is 16.9 Å². The van der Waals surface area contributed by atoms with Gasteiger partial charge in [-0.1, -0.05) is 23.8 Å². The van der Waals surface area contributed by atoms with Crippen molar-refractivity contribution in [2.24, 2.45) is 0 Å². The quantitative estimate of drug-likeness (QED) is 0.571. The summed E-state index contributed by atoms with van der Waals surface area (Å²) in [4.78, 5) is 0. The number of benzene rings is 1. The van der Waals surface area contributed by atoms with Crippen LogP contribution in [0.2, 0.25) is 0 Å². The first-order valence-corrected chi connectivity index (χ1v) is 4.92. The van der Waals surface area contributed by atoms with Gasteiger partial charge >= 0.3 is 0 Å². The van der Waals surface area contributed by atoms with Crippen LogP contribution in [0.4, 0.5) is 11.4 Å². The third kappa shape index (κ3) is 2.40. The summed E-state index contributed by atoms with van der Waals surface area (Å²) >= 11 is 0. The van der Waals surface area contributed by atoms with E-state index in [0.29, 0.717) is 11.4 Å². The molecule has 4 N–H and O–H groups in total. The highest BCUT2D eigenvalue weighted by molar-refractivity contribution is 5.83. The first-order valence-electron chi connectivity index (χ1n) is 4.92. The van der Waals surface area contributed by atoms with Gasteiger partial charge in [-0.25, -0.2) is 0 Å². The van der Waals surface area contributed by atoms with Gasteiger partial charge in [-0.05, 0) is 44.0 Å². The van der Waals surface area contributed by atoms with E-state index in [2.05, 4.69) is 20.4 Å². The minimum atomic E-state index is 0.618. The number of nitrogen functional groups attached to an aromatic ring is 2. The van der Waals surface area contributed by atoms with E-state index in [4.69, 9.17) is 11.5 Å². The van der Waals surface area contributed by atoms with Crippen molar-refractivity contribution in [3.63, 3.8) is 0 Å². The smallest absolute Gasteiger partial charge is 0.0554 e. The van der Waals surface area contributed by atoms with Crippen molar-refractivity contribution in [1.82, 2.24) is 0 Å². The maximum absolute atomic E-state index is 5.78. The van der Waals surface area contributed by atoms with Gasteiger partial charge in [0.25, 0.3) is 0 Å². The number of anilines is 2. The Bertz CT molecular complexity index is 424. The van der Waals surface area contributed by atoms with E-state index in [0.717, 1.165) is 16.7 Å². The van der Waals surface area contributed by atoms with Gasteiger partial charge in [0.05, 0.1) is 11.4 Å². The Balaban J connectivity index is 3.32. The van der Waals surface area contributed by atoms with Gasteiger partial charge in [0.1, 0.15) is 0 Å². The lowest BCUT2D eigenvalue weighted by atomic mass is 9.95. The second-order valence-corrected chi connectivity index (χ2v) is 4.00. The van der Waals surface area contributed by atoms with Gasteiger partial charge in [-0.15, -0.1) is 0 Å². The van der Waals surface area contributed by atoms with Gasteiger partial charge in [-0.2, -0.15) is 0 Å². The summed E-state index contributed by atoms with van der Waals surface area (Å²) in [5, 5.41) is 0. The average Bonchev–Trinajstić information content (AvgIpc) is 2.10. The van der Waals surface area contributed by atoms with Crippen molar-refractivity contribution in [1.29, 1.82) is 0 Å². The molecule has 0 bridgehead atoms. The van der Waals surface area contributed by atoms with Gasteiger partial charge in [0.15, 0.2) is 0 Å². The summed E-state index contributed by atoms with van der Waals surface area (Å²) < 4.78 is 0. The highest BCUT2D eigenvalue weighted by Gasteiger charge is 2.06. The molecule has 0 amide bonds. The molecule has 0 unspecified atom stereocenters. The first-order chi connectivity index (χ1) is 6.93. The monoisotopic (exact) mass is 202 g/mol. The normalized spacial score (nSPS) is 9.80. The molecule has 0 atom stereocenters. The molecule has 1 aromatic rings. The summed E-state index contributed by atoms with van der Waals surface area (Å²) in [5.74, 6) is 0. The largest absolute Gasteiger partial charge is 0.397 e. The molecular formula is C13H18N2. The fourth-order valence-electron chi connectivity index (χ4n) is 1.69. The zero-order chi connectivity index (χ0) is 11.6. The predicted octanol–water partition coefficient (Wildman–Crippen LogP) is 3.22. The molecule has 0 saturated heterocycles.